The molecule has 0 radical (unpaired) electrons. The summed E-state index contributed by atoms with van der Waals surface area (Å²) < 4.78 is 18.4. The molecule has 0 fully saturated rings. The van der Waals surface area contributed by atoms with Gasteiger partial charge in [-0.15, -0.1) is 11.3 Å². The maximum absolute atomic E-state index is 13.3. The van der Waals surface area contributed by atoms with Crippen molar-refractivity contribution in [3.8, 4) is 5.75 Å². The van der Waals surface area contributed by atoms with Crippen LogP contribution in [0.2, 0.25) is 0 Å². The molecule has 0 N–H and O–H groups in total. The van der Waals surface area contributed by atoms with Gasteiger partial charge in [0.15, 0.2) is 11.6 Å². The summed E-state index contributed by atoms with van der Waals surface area (Å²) in [6.45, 7) is 6.40. The maximum Gasteiger partial charge on any atom is 0.176 e. The van der Waals surface area contributed by atoms with E-state index in [-0.39, 0.29) is 11.2 Å². The predicted octanol–water partition coefficient (Wildman–Crippen LogP) is 3.97. The molecule has 1 aromatic heterocycles. The Morgan fingerprint density at radius 1 is 1.50 bits per heavy atom. The third kappa shape index (κ3) is 2.08. The quantitative estimate of drug-likeness (QED) is 0.740. The van der Waals surface area contributed by atoms with Gasteiger partial charge in [0.2, 0.25) is 0 Å². The van der Waals surface area contributed by atoms with Crippen molar-refractivity contribution in [3.63, 3.8) is 0 Å². The van der Waals surface area contributed by atoms with Crippen molar-refractivity contribution < 1.29 is 9.13 Å². The highest BCUT2D eigenvalue weighted by Gasteiger charge is 2.27. The van der Waals surface area contributed by atoms with Crippen LogP contribution in [0.4, 0.5) is 4.39 Å². The zero-order valence-electron chi connectivity index (χ0n) is 9.19. The molecule has 0 spiro atoms. The minimum Gasteiger partial charge on any atom is -0.492 e. The van der Waals surface area contributed by atoms with E-state index in [1.165, 1.54) is 23.8 Å². The summed E-state index contributed by atoms with van der Waals surface area (Å²) >= 11 is 1.45. The summed E-state index contributed by atoms with van der Waals surface area (Å²) in [5.41, 5.74) is 0.00903. The summed E-state index contributed by atoms with van der Waals surface area (Å²) in [7, 11) is 1.52. The van der Waals surface area contributed by atoms with Gasteiger partial charge in [-0.1, -0.05) is 27.2 Å². The Labute approximate surface area is 88.9 Å². The standard InChI is InChI=1S/C11H17FOS/c1-5-6-11(2,3)10-9(13-4)8(12)7-14-10/h7H,5-6H2,1-4H3. The van der Waals surface area contributed by atoms with Gasteiger partial charge in [0.1, 0.15) is 0 Å². The number of ether oxygens (including phenoxy) is 1. The van der Waals surface area contributed by atoms with Crippen molar-refractivity contribution in [1.29, 1.82) is 0 Å². The molecule has 0 aliphatic heterocycles. The van der Waals surface area contributed by atoms with Crippen LogP contribution >= 0.6 is 11.3 Å². The second kappa shape index (κ2) is 4.30. The first-order valence-electron chi connectivity index (χ1n) is 4.84. The molecule has 3 heteroatoms. The summed E-state index contributed by atoms with van der Waals surface area (Å²) in [4.78, 5) is 1.01. The van der Waals surface area contributed by atoms with E-state index in [1.807, 2.05) is 0 Å². The highest BCUT2D eigenvalue weighted by Crippen LogP contribution is 2.41. The Morgan fingerprint density at radius 2 is 2.14 bits per heavy atom. The molecule has 14 heavy (non-hydrogen) atoms. The van der Waals surface area contributed by atoms with Crippen molar-refractivity contribution in [2.75, 3.05) is 7.11 Å². The molecule has 0 amide bonds. The van der Waals surface area contributed by atoms with Gasteiger partial charge in [-0.05, 0) is 6.42 Å². The van der Waals surface area contributed by atoms with E-state index in [1.54, 1.807) is 0 Å². The fraction of sp³-hybridized carbons (Fsp3) is 0.636. The predicted molar refractivity (Wildman–Crippen MR) is 58.8 cm³/mol. The number of methoxy groups -OCH3 is 1. The Hall–Kier alpha value is -0.570. The Morgan fingerprint density at radius 3 is 2.64 bits per heavy atom. The minimum atomic E-state index is -0.239. The topological polar surface area (TPSA) is 9.23 Å². The minimum absolute atomic E-state index is 0.00903. The summed E-state index contributed by atoms with van der Waals surface area (Å²) in [6, 6.07) is 0. The van der Waals surface area contributed by atoms with E-state index in [9.17, 15) is 4.39 Å². The largest absolute Gasteiger partial charge is 0.492 e. The van der Waals surface area contributed by atoms with Crippen LogP contribution in [0.25, 0.3) is 0 Å². The van der Waals surface area contributed by atoms with Gasteiger partial charge in [0.25, 0.3) is 0 Å². The number of halogens is 1. The lowest BCUT2D eigenvalue weighted by Crippen LogP contribution is -2.15. The van der Waals surface area contributed by atoms with E-state index in [0.717, 1.165) is 17.7 Å². The highest BCUT2D eigenvalue weighted by atomic mass is 32.1. The Kier molecular flexibility index (Phi) is 3.53. The zero-order chi connectivity index (χ0) is 10.8. The SMILES string of the molecule is CCCC(C)(C)c1scc(F)c1OC. The van der Waals surface area contributed by atoms with E-state index in [2.05, 4.69) is 20.8 Å². The fourth-order valence-electron chi connectivity index (χ4n) is 1.72. The maximum atomic E-state index is 13.3. The van der Waals surface area contributed by atoms with E-state index in [0.29, 0.717) is 5.75 Å². The van der Waals surface area contributed by atoms with Gasteiger partial charge in [-0.2, -0.15) is 0 Å². The van der Waals surface area contributed by atoms with Crippen molar-refractivity contribution in [1.82, 2.24) is 0 Å². The smallest absolute Gasteiger partial charge is 0.176 e. The second-order valence-corrected chi connectivity index (χ2v) is 4.96. The first-order chi connectivity index (χ1) is 6.53. The monoisotopic (exact) mass is 216 g/mol. The van der Waals surface area contributed by atoms with Gasteiger partial charge < -0.3 is 4.74 Å². The first kappa shape index (κ1) is 11.5. The van der Waals surface area contributed by atoms with Crippen molar-refractivity contribution in [2.24, 2.45) is 0 Å². The molecule has 0 unspecified atom stereocenters. The second-order valence-electron chi connectivity index (χ2n) is 4.08. The lowest BCUT2D eigenvalue weighted by atomic mass is 9.86. The number of rotatable bonds is 4. The van der Waals surface area contributed by atoms with Crippen LogP contribution in [0, 0.1) is 5.82 Å². The molecular weight excluding hydrogens is 199 g/mol. The molecule has 0 aliphatic carbocycles. The lowest BCUT2D eigenvalue weighted by Gasteiger charge is -2.23. The van der Waals surface area contributed by atoms with Crippen LogP contribution in [0.1, 0.15) is 38.5 Å². The number of hydrogen-bond acceptors (Lipinski definition) is 2. The molecule has 0 saturated carbocycles. The van der Waals surface area contributed by atoms with Crippen LogP contribution < -0.4 is 4.74 Å². The third-order valence-corrected chi connectivity index (χ3v) is 3.70. The third-order valence-electron chi connectivity index (χ3n) is 2.40. The first-order valence-corrected chi connectivity index (χ1v) is 5.72. The molecule has 0 saturated heterocycles. The van der Waals surface area contributed by atoms with Crippen molar-refractivity contribution in [3.05, 3.63) is 16.1 Å². The van der Waals surface area contributed by atoms with E-state index in [4.69, 9.17) is 4.74 Å². The Balaban J connectivity index is 3.05. The average molecular weight is 216 g/mol. The van der Waals surface area contributed by atoms with Gasteiger partial charge >= 0.3 is 0 Å². The lowest BCUT2D eigenvalue weighted by molar-refractivity contribution is 0.368. The van der Waals surface area contributed by atoms with Gasteiger partial charge in [0.05, 0.1) is 12.0 Å². The van der Waals surface area contributed by atoms with Crippen molar-refractivity contribution >= 4 is 11.3 Å². The normalized spacial score (nSPS) is 11.8. The van der Waals surface area contributed by atoms with Crippen molar-refractivity contribution in [2.45, 2.75) is 39.0 Å². The molecule has 0 aromatic carbocycles. The van der Waals surface area contributed by atoms with Gasteiger partial charge in [-0.25, -0.2) is 4.39 Å². The molecule has 1 nitrogen and oxygen atoms in total. The molecule has 0 aliphatic rings. The van der Waals surface area contributed by atoms with E-state index < -0.39 is 0 Å². The van der Waals surface area contributed by atoms with Gasteiger partial charge in [-0.3, -0.25) is 0 Å². The molecule has 0 bridgehead atoms. The zero-order valence-corrected chi connectivity index (χ0v) is 10.0. The number of thiophene rings is 1. The number of hydrogen-bond donors (Lipinski definition) is 0. The molecule has 0 atom stereocenters. The summed E-state index contributed by atoms with van der Waals surface area (Å²) in [6.07, 6.45) is 2.14. The molecule has 80 valence electrons. The van der Waals surface area contributed by atoms with Crippen LogP contribution in [0.5, 0.6) is 5.75 Å². The molecule has 1 rings (SSSR count). The van der Waals surface area contributed by atoms with Crippen LogP contribution in [0.15, 0.2) is 5.38 Å². The molecular formula is C11H17FOS. The van der Waals surface area contributed by atoms with E-state index >= 15 is 0 Å². The van der Waals surface area contributed by atoms with Crippen LogP contribution in [-0.2, 0) is 5.41 Å². The van der Waals surface area contributed by atoms with Crippen LogP contribution in [0.3, 0.4) is 0 Å². The summed E-state index contributed by atoms with van der Waals surface area (Å²) in [5, 5.41) is 1.52. The fourth-order valence-corrected chi connectivity index (χ4v) is 2.76. The summed E-state index contributed by atoms with van der Waals surface area (Å²) in [5.74, 6) is 0.185. The molecule has 1 aromatic rings. The molecule has 1 heterocycles. The average Bonchev–Trinajstić information content (AvgIpc) is 2.47. The Bertz CT molecular complexity index is 304. The van der Waals surface area contributed by atoms with Gasteiger partial charge in [0, 0.05) is 10.8 Å². The highest BCUT2D eigenvalue weighted by molar-refractivity contribution is 7.10. The van der Waals surface area contributed by atoms with Crippen LogP contribution in [-0.4, -0.2) is 7.11 Å².